The summed E-state index contributed by atoms with van der Waals surface area (Å²) in [7, 11) is 2.04. The van der Waals surface area contributed by atoms with Crippen molar-refractivity contribution in [3.8, 4) is 0 Å². The molecule has 4 heteroatoms. The van der Waals surface area contributed by atoms with Crippen LogP contribution in [-0.2, 0) is 13.5 Å². The number of nitrogens with zero attached hydrogens (tertiary/aromatic N) is 2. The number of rotatable bonds is 4. The molecular weight excluding hydrogens is 254 g/mol. The minimum absolute atomic E-state index is 0.549. The Morgan fingerprint density at radius 3 is 3.16 bits per heavy atom. The van der Waals surface area contributed by atoms with E-state index in [0.717, 1.165) is 17.7 Å². The lowest BCUT2D eigenvalue weighted by molar-refractivity contribution is 0.397. The number of hydrogen-bond donors (Lipinski definition) is 1. The first kappa shape index (κ1) is 13.5. The Bertz CT molecular complexity index is 429. The highest BCUT2D eigenvalue weighted by molar-refractivity contribution is 7.99. The zero-order chi connectivity index (χ0) is 13.2. The van der Waals surface area contributed by atoms with Gasteiger partial charge in [-0.25, -0.2) is 0 Å². The Balaban J connectivity index is 1.62. The average molecular weight is 279 g/mol. The zero-order valence-corrected chi connectivity index (χ0v) is 12.9. The Hall–Kier alpha value is -0.480. The van der Waals surface area contributed by atoms with E-state index in [-0.39, 0.29) is 0 Å². The first-order chi connectivity index (χ1) is 9.26. The lowest BCUT2D eigenvalue weighted by Gasteiger charge is -2.26. The maximum absolute atomic E-state index is 4.59. The lowest BCUT2D eigenvalue weighted by atomic mass is 9.92. The highest BCUT2D eigenvalue weighted by Crippen LogP contribution is 2.34. The fourth-order valence-electron chi connectivity index (χ4n) is 3.60. The van der Waals surface area contributed by atoms with Crippen LogP contribution in [0.25, 0.3) is 0 Å². The quantitative estimate of drug-likeness (QED) is 0.918. The van der Waals surface area contributed by atoms with Gasteiger partial charge in [0, 0.05) is 36.1 Å². The van der Waals surface area contributed by atoms with Crippen LogP contribution in [0.1, 0.15) is 56.3 Å². The predicted octanol–water partition coefficient (Wildman–Crippen LogP) is 3.06. The van der Waals surface area contributed by atoms with Gasteiger partial charge in [-0.3, -0.25) is 4.68 Å². The van der Waals surface area contributed by atoms with Crippen molar-refractivity contribution in [3.63, 3.8) is 0 Å². The van der Waals surface area contributed by atoms with Gasteiger partial charge >= 0.3 is 0 Å². The molecule has 0 radical (unpaired) electrons. The summed E-state index contributed by atoms with van der Waals surface area (Å²) < 4.78 is 1.98. The van der Waals surface area contributed by atoms with Crippen molar-refractivity contribution in [1.82, 2.24) is 15.1 Å². The number of aromatic nitrogens is 2. The second-order valence-electron chi connectivity index (χ2n) is 5.90. The van der Waals surface area contributed by atoms with Crippen LogP contribution < -0.4 is 5.32 Å². The summed E-state index contributed by atoms with van der Waals surface area (Å²) in [5.41, 5.74) is 2.78. The molecule has 19 heavy (non-hydrogen) atoms. The normalized spacial score (nSPS) is 30.5. The molecule has 1 aromatic heterocycles. The summed E-state index contributed by atoms with van der Waals surface area (Å²) in [4.78, 5) is 0. The van der Waals surface area contributed by atoms with Crippen LogP contribution in [-0.4, -0.2) is 26.8 Å². The molecule has 0 aromatic carbocycles. The standard InChI is InChI=1S/C15H25N3S/c1-3-19-12-8-7-11(9-12)16-14-5-4-6-15-13(14)10-18(2)17-15/h10-12,14,16H,3-9H2,1-2H3/t11-,12+,14-/m0/s1. The van der Waals surface area contributed by atoms with Crippen molar-refractivity contribution in [1.29, 1.82) is 0 Å². The average Bonchev–Trinajstić information content (AvgIpc) is 2.96. The van der Waals surface area contributed by atoms with Crippen molar-refractivity contribution in [2.75, 3.05) is 5.75 Å². The smallest absolute Gasteiger partial charge is 0.0672 e. The van der Waals surface area contributed by atoms with Crippen LogP contribution in [0.2, 0.25) is 0 Å². The molecule has 3 atom stereocenters. The number of thioether (sulfide) groups is 1. The molecule has 1 saturated carbocycles. The first-order valence-corrected chi connectivity index (χ1v) is 8.71. The molecule has 106 valence electrons. The Morgan fingerprint density at radius 2 is 2.32 bits per heavy atom. The highest BCUT2D eigenvalue weighted by Gasteiger charge is 2.29. The van der Waals surface area contributed by atoms with Gasteiger partial charge in [0.15, 0.2) is 0 Å². The maximum Gasteiger partial charge on any atom is 0.0672 e. The fourth-order valence-corrected chi connectivity index (χ4v) is 4.75. The van der Waals surface area contributed by atoms with E-state index >= 15 is 0 Å². The van der Waals surface area contributed by atoms with Crippen molar-refractivity contribution in [3.05, 3.63) is 17.5 Å². The van der Waals surface area contributed by atoms with Gasteiger partial charge in [-0.15, -0.1) is 0 Å². The summed E-state index contributed by atoms with van der Waals surface area (Å²) in [6, 6.07) is 1.27. The summed E-state index contributed by atoms with van der Waals surface area (Å²) in [5, 5.41) is 9.39. The van der Waals surface area contributed by atoms with Crippen LogP contribution in [0.3, 0.4) is 0 Å². The molecule has 0 amide bonds. The largest absolute Gasteiger partial charge is 0.307 e. The van der Waals surface area contributed by atoms with Gasteiger partial charge in [0.25, 0.3) is 0 Å². The molecule has 3 rings (SSSR count). The maximum atomic E-state index is 4.59. The van der Waals surface area contributed by atoms with Crippen LogP contribution in [0.5, 0.6) is 0 Å². The second kappa shape index (κ2) is 5.88. The van der Waals surface area contributed by atoms with Crippen LogP contribution in [0, 0.1) is 0 Å². The molecular formula is C15H25N3S. The number of fused-ring (bicyclic) bond motifs is 1. The number of nitrogens with one attached hydrogen (secondary N) is 1. The van der Waals surface area contributed by atoms with Crippen LogP contribution in [0.4, 0.5) is 0 Å². The van der Waals surface area contributed by atoms with E-state index < -0.39 is 0 Å². The van der Waals surface area contributed by atoms with Gasteiger partial charge in [0.2, 0.25) is 0 Å². The van der Waals surface area contributed by atoms with Crippen molar-refractivity contribution >= 4 is 11.8 Å². The van der Waals surface area contributed by atoms with E-state index in [9.17, 15) is 0 Å². The third-order valence-electron chi connectivity index (χ3n) is 4.44. The van der Waals surface area contributed by atoms with E-state index in [2.05, 4.69) is 35.3 Å². The molecule has 1 heterocycles. The van der Waals surface area contributed by atoms with Crippen LogP contribution in [0.15, 0.2) is 6.20 Å². The molecule has 1 aromatic rings. The van der Waals surface area contributed by atoms with Crippen molar-refractivity contribution in [2.45, 2.75) is 62.8 Å². The first-order valence-electron chi connectivity index (χ1n) is 7.66. The fraction of sp³-hybridized carbons (Fsp3) is 0.800. The minimum Gasteiger partial charge on any atom is -0.307 e. The van der Waals surface area contributed by atoms with Crippen LogP contribution >= 0.6 is 11.8 Å². The molecule has 0 saturated heterocycles. The third kappa shape index (κ3) is 3.00. The Labute approximate surface area is 120 Å². The zero-order valence-electron chi connectivity index (χ0n) is 12.1. The SMILES string of the molecule is CCS[C@@H]1CC[C@H](N[C@H]2CCCc3nn(C)cc32)C1. The molecule has 0 spiro atoms. The predicted molar refractivity (Wildman–Crippen MR) is 81.6 cm³/mol. The summed E-state index contributed by atoms with van der Waals surface area (Å²) in [6.07, 6.45) is 10.0. The van der Waals surface area contributed by atoms with E-state index in [1.165, 1.54) is 49.1 Å². The molecule has 1 N–H and O–H groups in total. The van der Waals surface area contributed by atoms with E-state index in [1.54, 1.807) is 0 Å². The monoisotopic (exact) mass is 279 g/mol. The van der Waals surface area contributed by atoms with Gasteiger partial charge in [-0.1, -0.05) is 6.92 Å². The highest BCUT2D eigenvalue weighted by atomic mass is 32.2. The van der Waals surface area contributed by atoms with Crippen molar-refractivity contribution in [2.24, 2.45) is 7.05 Å². The Morgan fingerprint density at radius 1 is 1.42 bits per heavy atom. The Kier molecular flexibility index (Phi) is 4.18. The molecule has 2 aliphatic rings. The number of aryl methyl sites for hydroxylation is 2. The van der Waals surface area contributed by atoms with Crippen molar-refractivity contribution < 1.29 is 0 Å². The lowest BCUT2D eigenvalue weighted by Crippen LogP contribution is -2.33. The minimum atomic E-state index is 0.549. The van der Waals surface area contributed by atoms with Gasteiger partial charge < -0.3 is 5.32 Å². The van der Waals surface area contributed by atoms with Gasteiger partial charge in [-0.05, 0) is 44.3 Å². The van der Waals surface area contributed by atoms with Gasteiger partial charge in [-0.2, -0.15) is 16.9 Å². The topological polar surface area (TPSA) is 29.9 Å². The molecule has 0 unspecified atom stereocenters. The molecule has 3 nitrogen and oxygen atoms in total. The van der Waals surface area contributed by atoms with Gasteiger partial charge in [0.1, 0.15) is 0 Å². The summed E-state index contributed by atoms with van der Waals surface area (Å²) in [6.45, 7) is 2.27. The second-order valence-corrected chi connectivity index (χ2v) is 7.48. The summed E-state index contributed by atoms with van der Waals surface area (Å²) >= 11 is 2.14. The molecule has 0 bridgehead atoms. The molecule has 2 aliphatic carbocycles. The van der Waals surface area contributed by atoms with E-state index in [4.69, 9.17) is 0 Å². The molecule has 1 fully saturated rings. The van der Waals surface area contributed by atoms with Gasteiger partial charge in [0.05, 0.1) is 5.69 Å². The third-order valence-corrected chi connectivity index (χ3v) is 5.68. The van der Waals surface area contributed by atoms with E-state index in [1.807, 2.05) is 11.7 Å². The molecule has 0 aliphatic heterocycles. The number of hydrogen-bond acceptors (Lipinski definition) is 3. The summed E-state index contributed by atoms with van der Waals surface area (Å²) in [5.74, 6) is 1.26. The van der Waals surface area contributed by atoms with E-state index in [0.29, 0.717) is 6.04 Å².